The minimum absolute atomic E-state index is 0.151. The standard InChI is InChI=1S/C29H25ClN2O3S/c1-19-11-12-23(18-26(19)30)32-29(34)27(20-7-4-3-5-8-20)36-25-15-13-22(14-16-25)31-28(33)21-9-6-10-24(17-21)35-2/h3-18,27H,1-2H3,(H,31,33)(H,32,34). The number of benzene rings is 4. The van der Waals surface area contributed by atoms with Gasteiger partial charge < -0.3 is 15.4 Å². The summed E-state index contributed by atoms with van der Waals surface area (Å²) < 4.78 is 5.19. The molecular weight excluding hydrogens is 492 g/mol. The van der Waals surface area contributed by atoms with Crippen LogP contribution in [0.5, 0.6) is 5.75 Å². The zero-order valence-corrected chi connectivity index (χ0v) is 21.4. The normalized spacial score (nSPS) is 11.4. The number of thioether (sulfide) groups is 1. The topological polar surface area (TPSA) is 67.4 Å². The number of anilines is 2. The molecule has 0 saturated carbocycles. The van der Waals surface area contributed by atoms with Gasteiger partial charge in [-0.3, -0.25) is 9.59 Å². The summed E-state index contributed by atoms with van der Waals surface area (Å²) >= 11 is 7.67. The molecule has 4 aromatic carbocycles. The van der Waals surface area contributed by atoms with E-state index < -0.39 is 5.25 Å². The van der Waals surface area contributed by atoms with Gasteiger partial charge in [0.15, 0.2) is 0 Å². The monoisotopic (exact) mass is 516 g/mol. The summed E-state index contributed by atoms with van der Waals surface area (Å²) in [7, 11) is 1.56. The highest BCUT2D eigenvalue weighted by Gasteiger charge is 2.22. The van der Waals surface area contributed by atoms with E-state index in [0.29, 0.717) is 27.7 Å². The van der Waals surface area contributed by atoms with Crippen molar-refractivity contribution >= 4 is 46.6 Å². The summed E-state index contributed by atoms with van der Waals surface area (Å²) in [6.07, 6.45) is 0. The number of ether oxygens (including phenoxy) is 1. The Kier molecular flexibility index (Phi) is 8.31. The average Bonchev–Trinajstić information content (AvgIpc) is 2.90. The number of amides is 2. The maximum absolute atomic E-state index is 13.3. The highest BCUT2D eigenvalue weighted by Crippen LogP contribution is 2.37. The minimum atomic E-state index is -0.483. The summed E-state index contributed by atoms with van der Waals surface area (Å²) in [5, 5.41) is 5.99. The van der Waals surface area contributed by atoms with Crippen LogP contribution in [0.25, 0.3) is 0 Å². The Balaban J connectivity index is 1.48. The molecule has 0 aliphatic heterocycles. The molecule has 0 aromatic heterocycles. The number of carbonyl (C=O) groups excluding carboxylic acids is 2. The van der Waals surface area contributed by atoms with Crippen molar-refractivity contribution in [3.8, 4) is 5.75 Å². The number of carbonyl (C=O) groups is 2. The van der Waals surface area contributed by atoms with Gasteiger partial charge in [-0.2, -0.15) is 0 Å². The third-order valence-corrected chi connectivity index (χ3v) is 7.15. The van der Waals surface area contributed by atoms with Gasteiger partial charge >= 0.3 is 0 Å². The molecule has 182 valence electrons. The van der Waals surface area contributed by atoms with E-state index in [2.05, 4.69) is 10.6 Å². The first-order chi connectivity index (χ1) is 17.4. The molecule has 0 aliphatic carbocycles. The number of aryl methyl sites for hydroxylation is 1. The molecule has 2 N–H and O–H groups in total. The number of halogens is 1. The fraction of sp³-hybridized carbons (Fsp3) is 0.103. The van der Waals surface area contributed by atoms with E-state index >= 15 is 0 Å². The molecule has 7 heteroatoms. The maximum atomic E-state index is 13.3. The second-order valence-electron chi connectivity index (χ2n) is 8.07. The number of methoxy groups -OCH3 is 1. The molecule has 0 aliphatic rings. The second kappa shape index (κ2) is 11.8. The molecule has 4 rings (SSSR count). The van der Waals surface area contributed by atoms with Gasteiger partial charge in [0.1, 0.15) is 11.0 Å². The van der Waals surface area contributed by atoms with Crippen LogP contribution in [0.2, 0.25) is 5.02 Å². The summed E-state index contributed by atoms with van der Waals surface area (Å²) in [6, 6.07) is 29.5. The molecule has 5 nitrogen and oxygen atoms in total. The summed E-state index contributed by atoms with van der Waals surface area (Å²) in [4.78, 5) is 26.8. The summed E-state index contributed by atoms with van der Waals surface area (Å²) in [5.41, 5.74) is 3.63. The molecule has 0 bridgehead atoms. The molecule has 4 aromatic rings. The predicted octanol–water partition coefficient (Wildman–Crippen LogP) is 7.38. The number of nitrogens with one attached hydrogen (secondary N) is 2. The van der Waals surface area contributed by atoms with E-state index in [1.54, 1.807) is 37.4 Å². The zero-order valence-electron chi connectivity index (χ0n) is 19.8. The molecule has 2 amide bonds. The molecule has 36 heavy (non-hydrogen) atoms. The van der Waals surface area contributed by atoms with E-state index in [1.165, 1.54) is 11.8 Å². The van der Waals surface area contributed by atoms with Crippen molar-refractivity contribution in [1.82, 2.24) is 0 Å². The lowest BCUT2D eigenvalue weighted by atomic mass is 10.1. The van der Waals surface area contributed by atoms with E-state index in [-0.39, 0.29) is 11.8 Å². The first-order valence-electron chi connectivity index (χ1n) is 11.3. The molecule has 0 spiro atoms. The van der Waals surface area contributed by atoms with Crippen LogP contribution >= 0.6 is 23.4 Å². The van der Waals surface area contributed by atoms with Crippen LogP contribution in [0.4, 0.5) is 11.4 Å². The molecule has 0 heterocycles. The molecule has 0 fully saturated rings. The third kappa shape index (κ3) is 6.47. The van der Waals surface area contributed by atoms with Crippen LogP contribution in [0.15, 0.2) is 102 Å². The Morgan fingerprint density at radius 1 is 0.833 bits per heavy atom. The van der Waals surface area contributed by atoms with Crippen LogP contribution in [0.3, 0.4) is 0 Å². The van der Waals surface area contributed by atoms with Crippen molar-refractivity contribution in [2.75, 3.05) is 17.7 Å². The van der Waals surface area contributed by atoms with Gasteiger partial charge in [0, 0.05) is 26.9 Å². The van der Waals surface area contributed by atoms with Crippen LogP contribution in [0.1, 0.15) is 26.7 Å². The second-order valence-corrected chi connectivity index (χ2v) is 9.66. The van der Waals surface area contributed by atoms with Gasteiger partial charge in [-0.1, -0.05) is 54.1 Å². The van der Waals surface area contributed by atoms with Gasteiger partial charge in [-0.15, -0.1) is 11.8 Å². The van der Waals surface area contributed by atoms with Gasteiger partial charge in [0.25, 0.3) is 5.91 Å². The highest BCUT2D eigenvalue weighted by atomic mass is 35.5. The van der Waals surface area contributed by atoms with E-state index in [1.807, 2.05) is 73.7 Å². The van der Waals surface area contributed by atoms with Crippen molar-refractivity contribution in [3.63, 3.8) is 0 Å². The smallest absolute Gasteiger partial charge is 0.255 e. The summed E-state index contributed by atoms with van der Waals surface area (Å²) in [5.74, 6) is 0.238. The Morgan fingerprint density at radius 2 is 1.56 bits per heavy atom. The van der Waals surface area contributed by atoms with Crippen LogP contribution in [-0.2, 0) is 4.79 Å². The fourth-order valence-corrected chi connectivity index (χ4v) is 4.70. The van der Waals surface area contributed by atoms with Crippen LogP contribution < -0.4 is 15.4 Å². The van der Waals surface area contributed by atoms with Crippen molar-refractivity contribution in [2.24, 2.45) is 0 Å². The van der Waals surface area contributed by atoms with Gasteiger partial charge in [0.2, 0.25) is 5.91 Å². The third-order valence-electron chi connectivity index (χ3n) is 5.48. The Labute approximate surface area is 219 Å². The first-order valence-corrected chi connectivity index (χ1v) is 12.5. The van der Waals surface area contributed by atoms with Gasteiger partial charge in [-0.25, -0.2) is 0 Å². The SMILES string of the molecule is COc1cccc(C(=O)Nc2ccc(SC(C(=O)Nc3ccc(C)c(Cl)c3)c3ccccc3)cc2)c1. The Bertz CT molecular complexity index is 1360. The minimum Gasteiger partial charge on any atom is -0.497 e. The summed E-state index contributed by atoms with van der Waals surface area (Å²) in [6.45, 7) is 1.92. The Morgan fingerprint density at radius 3 is 2.25 bits per heavy atom. The van der Waals surface area contributed by atoms with Crippen LogP contribution in [-0.4, -0.2) is 18.9 Å². The zero-order chi connectivity index (χ0) is 25.5. The number of hydrogen-bond acceptors (Lipinski definition) is 4. The molecule has 1 unspecified atom stereocenters. The van der Waals surface area contributed by atoms with Crippen molar-refractivity contribution in [3.05, 3.63) is 119 Å². The van der Waals surface area contributed by atoms with Crippen molar-refractivity contribution < 1.29 is 14.3 Å². The molecule has 0 saturated heterocycles. The first kappa shape index (κ1) is 25.4. The lowest BCUT2D eigenvalue weighted by molar-refractivity contribution is -0.115. The molecule has 1 atom stereocenters. The maximum Gasteiger partial charge on any atom is 0.255 e. The van der Waals surface area contributed by atoms with E-state index in [0.717, 1.165) is 16.0 Å². The predicted molar refractivity (Wildman–Crippen MR) is 147 cm³/mol. The van der Waals surface area contributed by atoms with E-state index in [4.69, 9.17) is 16.3 Å². The molecule has 0 radical (unpaired) electrons. The van der Waals surface area contributed by atoms with Gasteiger partial charge in [0.05, 0.1) is 7.11 Å². The quantitative estimate of drug-likeness (QED) is 0.240. The highest BCUT2D eigenvalue weighted by molar-refractivity contribution is 8.00. The lowest BCUT2D eigenvalue weighted by Crippen LogP contribution is -2.19. The largest absolute Gasteiger partial charge is 0.497 e. The molecular formula is C29H25ClN2O3S. The van der Waals surface area contributed by atoms with E-state index in [9.17, 15) is 9.59 Å². The number of hydrogen-bond donors (Lipinski definition) is 2. The fourth-order valence-electron chi connectivity index (χ4n) is 3.50. The van der Waals surface area contributed by atoms with Crippen molar-refractivity contribution in [2.45, 2.75) is 17.1 Å². The van der Waals surface area contributed by atoms with Crippen molar-refractivity contribution in [1.29, 1.82) is 0 Å². The van der Waals surface area contributed by atoms with Gasteiger partial charge in [-0.05, 0) is 72.6 Å². The Hall–Kier alpha value is -3.74. The van der Waals surface area contributed by atoms with Crippen LogP contribution in [0, 0.1) is 6.92 Å². The lowest BCUT2D eigenvalue weighted by Gasteiger charge is -2.18. The average molecular weight is 517 g/mol. The number of rotatable bonds is 8.